The highest BCUT2D eigenvalue weighted by Crippen LogP contribution is 2.44. The summed E-state index contributed by atoms with van der Waals surface area (Å²) < 4.78 is 19.8. The van der Waals surface area contributed by atoms with E-state index in [1.54, 1.807) is 0 Å². The zero-order chi connectivity index (χ0) is 22.1. The summed E-state index contributed by atoms with van der Waals surface area (Å²) in [5.74, 6) is -2.35. The SMILES string of the molecule is CN(C(=O)OCC1c2ccccc2-c2ccccc21)C(C(=O)O)c1ccc(Cl)cc1F. The molecule has 0 aromatic heterocycles. The van der Waals surface area contributed by atoms with E-state index in [2.05, 4.69) is 0 Å². The number of carboxylic acids is 1. The lowest BCUT2D eigenvalue weighted by molar-refractivity contribution is -0.142. The van der Waals surface area contributed by atoms with E-state index in [1.807, 2.05) is 48.5 Å². The van der Waals surface area contributed by atoms with E-state index < -0.39 is 23.9 Å². The maximum atomic E-state index is 14.3. The summed E-state index contributed by atoms with van der Waals surface area (Å²) >= 11 is 5.76. The fourth-order valence-electron chi connectivity index (χ4n) is 4.03. The number of hydrogen-bond donors (Lipinski definition) is 1. The third-order valence-corrected chi connectivity index (χ3v) is 5.74. The summed E-state index contributed by atoms with van der Waals surface area (Å²) in [7, 11) is 1.27. The number of rotatable bonds is 5. The highest BCUT2D eigenvalue weighted by Gasteiger charge is 2.34. The zero-order valence-electron chi connectivity index (χ0n) is 16.6. The fraction of sp³-hybridized carbons (Fsp3) is 0.167. The Morgan fingerprint density at radius 3 is 2.19 bits per heavy atom. The normalized spacial score (nSPS) is 13.3. The molecule has 4 rings (SSSR count). The molecule has 0 heterocycles. The van der Waals surface area contributed by atoms with Crippen molar-refractivity contribution in [1.29, 1.82) is 0 Å². The quantitative estimate of drug-likeness (QED) is 0.571. The molecule has 0 aliphatic heterocycles. The molecule has 1 unspecified atom stereocenters. The second-order valence-electron chi connectivity index (χ2n) is 7.32. The van der Waals surface area contributed by atoms with Crippen molar-refractivity contribution in [1.82, 2.24) is 4.90 Å². The van der Waals surface area contributed by atoms with E-state index in [9.17, 15) is 19.1 Å². The molecule has 5 nitrogen and oxygen atoms in total. The lowest BCUT2D eigenvalue weighted by Crippen LogP contribution is -2.37. The molecular weight excluding hydrogens is 421 g/mol. The molecule has 7 heteroatoms. The summed E-state index contributed by atoms with van der Waals surface area (Å²) in [5.41, 5.74) is 4.07. The molecule has 1 N–H and O–H groups in total. The monoisotopic (exact) mass is 439 g/mol. The van der Waals surface area contributed by atoms with Gasteiger partial charge in [-0.1, -0.05) is 66.2 Å². The highest BCUT2D eigenvalue weighted by molar-refractivity contribution is 6.30. The van der Waals surface area contributed by atoms with Crippen molar-refractivity contribution in [3.8, 4) is 11.1 Å². The average molecular weight is 440 g/mol. The highest BCUT2D eigenvalue weighted by atomic mass is 35.5. The van der Waals surface area contributed by atoms with Crippen LogP contribution in [0.25, 0.3) is 11.1 Å². The lowest BCUT2D eigenvalue weighted by Gasteiger charge is -2.25. The molecule has 31 heavy (non-hydrogen) atoms. The van der Waals surface area contributed by atoms with Crippen LogP contribution in [0.3, 0.4) is 0 Å². The molecule has 0 saturated heterocycles. The zero-order valence-corrected chi connectivity index (χ0v) is 17.3. The molecule has 0 saturated carbocycles. The Bertz CT molecular complexity index is 1120. The van der Waals surface area contributed by atoms with Crippen LogP contribution in [0.1, 0.15) is 28.7 Å². The molecule has 0 radical (unpaired) electrons. The summed E-state index contributed by atoms with van der Waals surface area (Å²) in [4.78, 5) is 25.4. The Morgan fingerprint density at radius 1 is 1.06 bits per heavy atom. The van der Waals surface area contributed by atoms with Crippen LogP contribution in [-0.4, -0.2) is 35.7 Å². The van der Waals surface area contributed by atoms with Crippen molar-refractivity contribution in [3.05, 3.63) is 94.3 Å². The number of fused-ring (bicyclic) bond motifs is 3. The van der Waals surface area contributed by atoms with Gasteiger partial charge in [-0.15, -0.1) is 0 Å². The minimum atomic E-state index is -1.55. The van der Waals surface area contributed by atoms with Crippen LogP contribution < -0.4 is 0 Å². The predicted octanol–water partition coefficient (Wildman–Crippen LogP) is 5.49. The largest absolute Gasteiger partial charge is 0.479 e. The van der Waals surface area contributed by atoms with E-state index in [1.165, 1.54) is 19.2 Å². The topological polar surface area (TPSA) is 66.8 Å². The van der Waals surface area contributed by atoms with Gasteiger partial charge in [-0.3, -0.25) is 4.90 Å². The number of amides is 1. The first-order chi connectivity index (χ1) is 14.9. The number of hydrogen-bond acceptors (Lipinski definition) is 3. The smallest absolute Gasteiger partial charge is 0.410 e. The number of halogens is 2. The molecular formula is C24H19ClFNO4. The van der Waals surface area contributed by atoms with E-state index in [-0.39, 0.29) is 23.1 Å². The average Bonchev–Trinajstić information content (AvgIpc) is 3.07. The van der Waals surface area contributed by atoms with Crippen LogP contribution in [0.4, 0.5) is 9.18 Å². The Morgan fingerprint density at radius 2 is 1.65 bits per heavy atom. The number of ether oxygens (including phenoxy) is 1. The summed E-state index contributed by atoms with van der Waals surface area (Å²) in [6.45, 7) is 0.0344. The number of carbonyl (C=O) groups excluding carboxylic acids is 1. The fourth-order valence-corrected chi connectivity index (χ4v) is 4.19. The molecule has 0 spiro atoms. The third kappa shape index (κ3) is 3.86. The van der Waals surface area contributed by atoms with Crippen LogP contribution in [0.5, 0.6) is 0 Å². The van der Waals surface area contributed by atoms with Crippen LogP contribution in [-0.2, 0) is 9.53 Å². The first kappa shape index (κ1) is 20.9. The number of likely N-dealkylation sites (N-methyl/N-ethyl adjacent to an activating group) is 1. The number of carbonyl (C=O) groups is 2. The van der Waals surface area contributed by atoms with Gasteiger partial charge in [-0.25, -0.2) is 14.0 Å². The molecule has 158 valence electrons. The van der Waals surface area contributed by atoms with E-state index in [0.717, 1.165) is 33.2 Å². The first-order valence-electron chi connectivity index (χ1n) is 9.64. The van der Waals surface area contributed by atoms with Gasteiger partial charge < -0.3 is 9.84 Å². The lowest BCUT2D eigenvalue weighted by atomic mass is 9.98. The van der Waals surface area contributed by atoms with Crippen LogP contribution in [0, 0.1) is 5.82 Å². The van der Waals surface area contributed by atoms with Gasteiger partial charge in [0, 0.05) is 23.6 Å². The molecule has 1 aliphatic rings. The summed E-state index contributed by atoms with van der Waals surface area (Å²) in [6, 6.07) is 17.9. The van der Waals surface area contributed by atoms with Gasteiger partial charge in [-0.05, 0) is 34.4 Å². The summed E-state index contributed by atoms with van der Waals surface area (Å²) in [5, 5.41) is 9.76. The number of benzene rings is 3. The minimum Gasteiger partial charge on any atom is -0.479 e. The van der Waals surface area contributed by atoms with Crippen molar-refractivity contribution in [2.45, 2.75) is 12.0 Å². The van der Waals surface area contributed by atoms with Gasteiger partial charge in [0.05, 0.1) is 0 Å². The second kappa shape index (κ2) is 8.40. The molecule has 3 aromatic rings. The van der Waals surface area contributed by atoms with Crippen molar-refractivity contribution < 1.29 is 23.8 Å². The maximum absolute atomic E-state index is 14.3. The number of aliphatic carboxylic acids is 1. The van der Waals surface area contributed by atoms with Gasteiger partial charge in [0.2, 0.25) is 0 Å². The van der Waals surface area contributed by atoms with E-state index in [4.69, 9.17) is 16.3 Å². The minimum absolute atomic E-state index is 0.0344. The van der Waals surface area contributed by atoms with E-state index >= 15 is 0 Å². The Kier molecular flexibility index (Phi) is 5.65. The van der Waals surface area contributed by atoms with Crippen LogP contribution >= 0.6 is 11.6 Å². The number of carboxylic acid groups (broad SMARTS) is 1. The van der Waals surface area contributed by atoms with Crippen molar-refractivity contribution in [3.63, 3.8) is 0 Å². The molecule has 1 atom stereocenters. The third-order valence-electron chi connectivity index (χ3n) is 5.50. The Balaban J connectivity index is 1.55. The van der Waals surface area contributed by atoms with Crippen LogP contribution in [0.2, 0.25) is 5.02 Å². The van der Waals surface area contributed by atoms with Gasteiger partial charge in [0.15, 0.2) is 6.04 Å². The molecule has 1 aliphatic carbocycles. The second-order valence-corrected chi connectivity index (χ2v) is 7.76. The van der Waals surface area contributed by atoms with Gasteiger partial charge in [-0.2, -0.15) is 0 Å². The van der Waals surface area contributed by atoms with E-state index in [0.29, 0.717) is 0 Å². The molecule has 0 fully saturated rings. The maximum Gasteiger partial charge on any atom is 0.410 e. The predicted molar refractivity (Wildman–Crippen MR) is 115 cm³/mol. The van der Waals surface area contributed by atoms with Gasteiger partial charge in [0.1, 0.15) is 12.4 Å². The Labute approximate surface area is 183 Å². The van der Waals surface area contributed by atoms with Gasteiger partial charge >= 0.3 is 12.1 Å². The molecule has 0 bridgehead atoms. The van der Waals surface area contributed by atoms with Crippen molar-refractivity contribution in [2.75, 3.05) is 13.7 Å². The summed E-state index contributed by atoms with van der Waals surface area (Å²) in [6.07, 6.45) is -0.858. The van der Waals surface area contributed by atoms with Crippen molar-refractivity contribution in [2.24, 2.45) is 0 Å². The standard InChI is InChI=1S/C24H19ClFNO4/c1-27(22(23(28)29)19-11-10-14(25)12-21(19)26)24(30)31-13-20-17-8-4-2-6-15(17)16-7-3-5-9-18(16)20/h2-12,20,22H,13H2,1H3,(H,28,29). The first-order valence-corrected chi connectivity index (χ1v) is 10.0. The van der Waals surface area contributed by atoms with Crippen LogP contribution in [0.15, 0.2) is 66.7 Å². The number of nitrogens with zero attached hydrogens (tertiary/aromatic N) is 1. The molecule has 1 amide bonds. The van der Waals surface area contributed by atoms with Crippen molar-refractivity contribution >= 4 is 23.7 Å². The van der Waals surface area contributed by atoms with Gasteiger partial charge in [0.25, 0.3) is 0 Å². The molecule has 3 aromatic carbocycles. The Hall–Kier alpha value is -3.38.